The van der Waals surface area contributed by atoms with Crippen LogP contribution < -0.4 is 11.2 Å². The van der Waals surface area contributed by atoms with Crippen molar-refractivity contribution in [2.45, 2.75) is 71.1 Å². The van der Waals surface area contributed by atoms with Crippen molar-refractivity contribution in [1.82, 2.24) is 14.2 Å². The van der Waals surface area contributed by atoms with Gasteiger partial charge in [0.05, 0.1) is 12.6 Å². The van der Waals surface area contributed by atoms with Gasteiger partial charge in [0.15, 0.2) is 7.14 Å². The fourth-order valence-electron chi connectivity index (χ4n) is 4.23. The fraction of sp³-hybridized carbons (Fsp3) is 0.708. The second-order valence-corrected chi connectivity index (χ2v) is 13.9. The lowest BCUT2D eigenvalue weighted by molar-refractivity contribution is -0.147. The van der Waals surface area contributed by atoms with E-state index >= 15 is 0 Å². The molecule has 0 aliphatic carbocycles. The smallest absolute Gasteiger partial charge is 0.328 e. The largest absolute Gasteiger partial charge is 0.388 e. The predicted molar refractivity (Wildman–Crippen MR) is 148 cm³/mol. The summed E-state index contributed by atoms with van der Waals surface area (Å²) in [4.78, 5) is 30.4. The summed E-state index contributed by atoms with van der Waals surface area (Å²) in [5, 5.41) is 19.0. The summed E-state index contributed by atoms with van der Waals surface area (Å²) in [7, 11) is -3.72. The van der Waals surface area contributed by atoms with Gasteiger partial charge in [-0.2, -0.15) is 0 Å². The van der Waals surface area contributed by atoms with E-state index in [4.69, 9.17) is 25.1 Å². The van der Waals surface area contributed by atoms with Gasteiger partial charge in [-0.1, -0.05) is 0 Å². The molecule has 13 nitrogen and oxygen atoms in total. The third kappa shape index (κ3) is 8.64. The van der Waals surface area contributed by atoms with Crippen LogP contribution in [-0.4, -0.2) is 94.4 Å². The van der Waals surface area contributed by atoms with Crippen LogP contribution in [-0.2, 0) is 23.1 Å². The Kier molecular flexibility index (Phi) is 13.2. The van der Waals surface area contributed by atoms with E-state index in [1.807, 2.05) is 32.4 Å². The van der Waals surface area contributed by atoms with Crippen molar-refractivity contribution in [3.8, 4) is 0 Å². The Morgan fingerprint density at radius 3 is 2.46 bits per heavy atom. The molecule has 3 N–H and O–H groups in total. The van der Waals surface area contributed by atoms with Gasteiger partial charge in [0, 0.05) is 31.0 Å². The maximum atomic E-state index is 12.8. The van der Waals surface area contributed by atoms with Crippen LogP contribution in [0.25, 0.3) is 4.85 Å². The third-order valence-electron chi connectivity index (χ3n) is 6.15. The topological polar surface area (TPSA) is 157 Å². The van der Waals surface area contributed by atoms with Gasteiger partial charge in [-0.05, 0) is 46.5 Å². The molecule has 1 aromatic rings. The van der Waals surface area contributed by atoms with Gasteiger partial charge in [-0.15, -0.1) is 0 Å². The van der Waals surface area contributed by atoms with Gasteiger partial charge < -0.3 is 38.1 Å². The number of nitrogens with one attached hydrogen (secondary N) is 1. The molecule has 0 saturated carbocycles. The number of aliphatic hydroxyl groups is 2. The highest BCUT2D eigenvalue weighted by Crippen LogP contribution is 2.50. The lowest BCUT2D eigenvalue weighted by atomic mass is 9.97. The summed E-state index contributed by atoms with van der Waals surface area (Å²) in [6.45, 7) is 16.9. The van der Waals surface area contributed by atoms with Crippen molar-refractivity contribution in [2.24, 2.45) is 0 Å². The van der Waals surface area contributed by atoms with Gasteiger partial charge in [0.25, 0.3) is 14.1 Å². The first kappa shape index (κ1) is 33.5. The number of ether oxygens (including phenoxy) is 2. The second-order valence-electron chi connectivity index (χ2n) is 9.71. The summed E-state index contributed by atoms with van der Waals surface area (Å²) in [6, 6.07) is -0.692. The maximum Gasteiger partial charge on any atom is 0.328 e. The average molecular weight is 591 g/mol. The molecule has 15 heteroatoms. The molecular formula is C24H40N4O9P2. The van der Waals surface area contributed by atoms with E-state index in [1.165, 1.54) is 29.8 Å². The Bertz CT molecular complexity index is 1150. The Labute approximate surface area is 229 Å². The summed E-state index contributed by atoms with van der Waals surface area (Å²) in [5.41, 5.74) is -0.813. The number of methoxy groups -OCH3 is 1. The maximum absolute atomic E-state index is 12.8. The minimum Gasteiger partial charge on any atom is -0.388 e. The zero-order valence-corrected chi connectivity index (χ0v) is 25.0. The monoisotopic (exact) mass is 590 g/mol. The first-order valence-corrected chi connectivity index (χ1v) is 15.9. The molecule has 39 heavy (non-hydrogen) atoms. The zero-order valence-electron chi connectivity index (χ0n) is 23.2. The molecule has 0 radical (unpaired) electrons. The summed E-state index contributed by atoms with van der Waals surface area (Å²) < 4.78 is 40.6. The van der Waals surface area contributed by atoms with Crippen molar-refractivity contribution in [3.63, 3.8) is 0 Å². The van der Waals surface area contributed by atoms with Crippen LogP contribution in [0.15, 0.2) is 27.7 Å². The van der Waals surface area contributed by atoms with Gasteiger partial charge in [0.1, 0.15) is 37.6 Å². The highest BCUT2D eigenvalue weighted by Gasteiger charge is 2.45. The fourth-order valence-corrected chi connectivity index (χ4v) is 6.73. The van der Waals surface area contributed by atoms with E-state index in [0.717, 1.165) is 0 Å². The lowest BCUT2D eigenvalue weighted by Crippen LogP contribution is -2.54. The number of aryl methyl sites for hydroxylation is 1. The van der Waals surface area contributed by atoms with E-state index in [-0.39, 0.29) is 31.8 Å². The van der Waals surface area contributed by atoms with Crippen molar-refractivity contribution in [2.75, 3.05) is 39.6 Å². The van der Waals surface area contributed by atoms with Gasteiger partial charge in [-0.25, -0.2) is 16.0 Å². The molecule has 0 bridgehead atoms. The van der Waals surface area contributed by atoms with Crippen LogP contribution in [0, 0.1) is 13.5 Å². The van der Waals surface area contributed by atoms with Crippen molar-refractivity contribution in [3.05, 3.63) is 55.9 Å². The van der Waals surface area contributed by atoms with Crippen LogP contribution in [0.5, 0.6) is 0 Å². The second kappa shape index (κ2) is 15.3. The molecule has 0 aromatic carbocycles. The molecule has 2 heterocycles. The van der Waals surface area contributed by atoms with Crippen molar-refractivity contribution >= 4 is 15.7 Å². The summed E-state index contributed by atoms with van der Waals surface area (Å²) >= 11 is 0. The minimum absolute atomic E-state index is 0.00723. The van der Waals surface area contributed by atoms with Crippen LogP contribution in [0.1, 0.15) is 39.3 Å². The summed E-state index contributed by atoms with van der Waals surface area (Å²) in [5.74, 6) is 1.24. The average Bonchev–Trinajstić information content (AvgIpc) is 2.89. The highest BCUT2D eigenvalue weighted by atomic mass is 31.2. The Hall–Kier alpha value is -1.71. The molecule has 1 fully saturated rings. The first-order valence-electron chi connectivity index (χ1n) is 12.6. The van der Waals surface area contributed by atoms with Gasteiger partial charge >= 0.3 is 5.69 Å². The number of nitrogens with zero attached hydrogens (tertiary/aromatic N) is 3. The van der Waals surface area contributed by atoms with Crippen LogP contribution >= 0.6 is 15.7 Å². The van der Waals surface area contributed by atoms with E-state index in [2.05, 4.69) is 9.83 Å². The van der Waals surface area contributed by atoms with Crippen LogP contribution in [0.2, 0.25) is 0 Å². The van der Waals surface area contributed by atoms with Gasteiger partial charge in [-0.3, -0.25) is 14.3 Å². The molecule has 0 spiro atoms. The number of hydrogen-bond donors (Lipinski definition) is 3. The molecule has 2 unspecified atom stereocenters. The van der Waals surface area contributed by atoms with Gasteiger partial charge in [0.2, 0.25) is 6.54 Å². The standard InChI is InChI=1S/C24H40N4O9P2/c1-16(2)28(17(3)4)38(36-10-9-25-6)37-22-20(8-11-39(33,14-29)15-30)35-13-19(21(22)34-7)27-12-18(5)23(31)26-24(27)32/h8,11-12,16-17,19-22,29-30H,9-10,13-15H2,1-5,7H3,(H,26,31,32)/b11-8+/t19-,20?,21+,22-,38?/m1/s1. The van der Waals surface area contributed by atoms with E-state index in [1.54, 1.807) is 6.92 Å². The van der Waals surface area contributed by atoms with E-state index < -0.39 is 64.0 Å². The first-order chi connectivity index (χ1) is 18.4. The van der Waals surface area contributed by atoms with Crippen molar-refractivity contribution < 1.29 is 33.3 Å². The normalized spacial score (nSPS) is 23.1. The highest BCUT2D eigenvalue weighted by molar-refractivity contribution is 7.66. The van der Waals surface area contributed by atoms with E-state index in [9.17, 15) is 24.4 Å². The molecule has 2 rings (SSSR count). The zero-order chi connectivity index (χ0) is 29.3. The molecule has 1 aromatic heterocycles. The Balaban J connectivity index is 2.59. The van der Waals surface area contributed by atoms with Crippen LogP contribution in [0.4, 0.5) is 0 Å². The number of rotatable bonds is 14. The number of H-pyrrole nitrogens is 1. The number of aliphatic hydroxyl groups excluding tert-OH is 2. The minimum atomic E-state index is -3.41. The Morgan fingerprint density at radius 2 is 1.92 bits per heavy atom. The molecule has 1 aliphatic heterocycles. The number of aromatic nitrogens is 2. The van der Waals surface area contributed by atoms with Crippen molar-refractivity contribution in [1.29, 1.82) is 0 Å². The summed E-state index contributed by atoms with van der Waals surface area (Å²) in [6.07, 6.45) is -1.10. The SMILES string of the molecule is [C-]#[N+]CCOP(O[C@@H]1C(/C=C/P(=O)(CO)CO)OC[C@@H](n2cc(C)c(=O)[nH]c2=O)[C@@H]1OC)N(C(C)C)C(C)C. The van der Waals surface area contributed by atoms with Crippen LogP contribution in [0.3, 0.4) is 0 Å². The molecule has 5 atom stereocenters. The molecule has 220 valence electrons. The molecule has 1 saturated heterocycles. The Morgan fingerprint density at radius 1 is 1.28 bits per heavy atom. The molecule has 1 aliphatic rings. The predicted octanol–water partition coefficient (Wildman–Crippen LogP) is 2.24. The molecular weight excluding hydrogens is 550 g/mol. The molecule has 0 amide bonds. The quantitative estimate of drug-likeness (QED) is 0.167. The number of hydrogen-bond acceptors (Lipinski definition) is 10. The third-order valence-corrected chi connectivity index (χ3v) is 9.95. The van der Waals surface area contributed by atoms with E-state index in [0.29, 0.717) is 5.56 Å². The lowest BCUT2D eigenvalue weighted by Gasteiger charge is -2.44. The number of aromatic amines is 1.